The van der Waals surface area contributed by atoms with Gasteiger partial charge >= 0.3 is 6.01 Å². The molecule has 0 bridgehead atoms. The van der Waals surface area contributed by atoms with Crippen molar-refractivity contribution in [2.45, 2.75) is 20.8 Å². The molecule has 0 spiro atoms. The lowest BCUT2D eigenvalue weighted by Gasteiger charge is -2.12. The van der Waals surface area contributed by atoms with Gasteiger partial charge in [0.05, 0.1) is 16.7 Å². The molecule has 3 aromatic heterocycles. The molecule has 0 aliphatic rings. The number of fused-ring (bicyclic) bond motifs is 1. The summed E-state index contributed by atoms with van der Waals surface area (Å²) in [5, 5.41) is 0.536. The smallest absolute Gasteiger partial charge is 0.322 e. The largest absolute Gasteiger partial charge is 0.421 e. The lowest BCUT2D eigenvalue weighted by Crippen LogP contribution is -1.99. The zero-order chi connectivity index (χ0) is 27.4. The van der Waals surface area contributed by atoms with Crippen LogP contribution >= 0.6 is 0 Å². The molecule has 0 aliphatic carbocycles. The fraction of sp³-hybridized carbons (Fsp3) is 0.138. The number of nitrogen functional groups attached to an aromatic ring is 1. The Hall–Kier alpha value is -5.28. The summed E-state index contributed by atoms with van der Waals surface area (Å²) in [5.74, 6) is 4.86. The molecule has 4 rings (SSSR count). The van der Waals surface area contributed by atoms with E-state index < -0.39 is 5.82 Å². The van der Waals surface area contributed by atoms with Crippen molar-refractivity contribution in [3.05, 3.63) is 71.3 Å². The van der Waals surface area contributed by atoms with Crippen LogP contribution in [0.25, 0.3) is 27.7 Å². The molecule has 38 heavy (non-hydrogen) atoms. The normalized spacial score (nSPS) is 12.3. The predicted molar refractivity (Wildman–Crippen MR) is 148 cm³/mol. The number of nitrogens with two attached hydrogens (primary N) is 1. The summed E-state index contributed by atoms with van der Waals surface area (Å²) >= 11 is 0. The van der Waals surface area contributed by atoms with Gasteiger partial charge in [0.15, 0.2) is 11.6 Å². The molecule has 0 saturated heterocycles. The number of hydrogen-bond donors (Lipinski definition) is 1. The Morgan fingerprint density at radius 1 is 1.18 bits per heavy atom. The van der Waals surface area contributed by atoms with Gasteiger partial charge in [-0.1, -0.05) is 17.9 Å². The van der Waals surface area contributed by atoms with E-state index in [0.717, 1.165) is 0 Å². The molecule has 0 unspecified atom stereocenters. The molecule has 4 aromatic rings. The van der Waals surface area contributed by atoms with E-state index in [1.165, 1.54) is 24.7 Å². The molecule has 0 aliphatic heterocycles. The molecule has 9 heteroatoms. The number of ether oxygens (including phenoxy) is 1. The van der Waals surface area contributed by atoms with E-state index in [9.17, 15) is 0 Å². The van der Waals surface area contributed by atoms with Crippen LogP contribution in [0.4, 0.5) is 10.2 Å². The maximum atomic E-state index is 15.4. The zero-order valence-corrected chi connectivity index (χ0v) is 21.3. The number of rotatable bonds is 6. The molecule has 3 heterocycles. The summed E-state index contributed by atoms with van der Waals surface area (Å²) in [7, 11) is 1.80. The number of anilines is 1. The van der Waals surface area contributed by atoms with Crippen LogP contribution in [0, 0.1) is 37.4 Å². The number of aryl methyl sites for hydroxylation is 2. The number of aliphatic imine (C=N–C) groups is 1. The molecule has 0 amide bonds. The lowest BCUT2D eigenvalue weighted by molar-refractivity contribution is 0.410. The van der Waals surface area contributed by atoms with Gasteiger partial charge in [0, 0.05) is 30.7 Å². The number of allylic oxidation sites excluding steroid dienone is 4. The monoisotopic (exact) mass is 505 g/mol. The van der Waals surface area contributed by atoms with Crippen LogP contribution in [-0.4, -0.2) is 30.7 Å². The summed E-state index contributed by atoms with van der Waals surface area (Å²) in [6.07, 6.45) is 17.8. The van der Waals surface area contributed by atoms with E-state index in [1.54, 1.807) is 49.9 Å². The van der Waals surface area contributed by atoms with Crippen LogP contribution in [0.15, 0.2) is 59.1 Å². The van der Waals surface area contributed by atoms with Gasteiger partial charge in [-0.05, 0) is 56.2 Å². The Labute approximate surface area is 219 Å². The Morgan fingerprint density at radius 2 is 1.97 bits per heavy atom. The minimum Gasteiger partial charge on any atom is -0.421 e. The van der Waals surface area contributed by atoms with E-state index in [0.29, 0.717) is 50.4 Å². The van der Waals surface area contributed by atoms with Gasteiger partial charge in [0.1, 0.15) is 23.5 Å². The number of terminal acetylenes is 2. The van der Waals surface area contributed by atoms with Crippen LogP contribution in [0.5, 0.6) is 11.8 Å². The molecule has 1 aromatic carbocycles. The molecule has 0 radical (unpaired) electrons. The highest BCUT2D eigenvalue weighted by Gasteiger charge is 2.24. The number of nitrogens with zero attached hydrogens (tertiary/aromatic N) is 6. The highest BCUT2D eigenvalue weighted by Crippen LogP contribution is 2.41. The zero-order valence-electron chi connectivity index (χ0n) is 21.3. The standard InChI is InChI=1S/C29H24FN7O/c1-7-20(32-9-3)14-17(4)21(8-2)26-24(25-27(31)34-16-35-28(25)37(26)6)19-10-11-23(22(30)15-19)38-29-33-13-12-18(5)36-29/h1-2,9-16H,3-6H3,(H2,31,34,35)/b20-14-,21-17+,32-9+. The van der Waals surface area contributed by atoms with E-state index in [4.69, 9.17) is 23.3 Å². The summed E-state index contributed by atoms with van der Waals surface area (Å²) < 4.78 is 22.7. The molecule has 188 valence electrons. The summed E-state index contributed by atoms with van der Waals surface area (Å²) in [6.45, 7) is 5.38. The fourth-order valence-corrected chi connectivity index (χ4v) is 4.06. The predicted octanol–water partition coefficient (Wildman–Crippen LogP) is 5.26. The minimum absolute atomic E-state index is 0.0340. The van der Waals surface area contributed by atoms with Crippen molar-refractivity contribution in [2.24, 2.45) is 12.0 Å². The molecular weight excluding hydrogens is 481 g/mol. The van der Waals surface area contributed by atoms with E-state index in [-0.39, 0.29) is 17.6 Å². The van der Waals surface area contributed by atoms with Gasteiger partial charge in [-0.2, -0.15) is 0 Å². The first-order chi connectivity index (χ1) is 18.3. The Bertz CT molecular complexity index is 1730. The molecule has 2 N–H and O–H groups in total. The van der Waals surface area contributed by atoms with Crippen molar-refractivity contribution in [2.75, 3.05) is 5.73 Å². The second-order valence-corrected chi connectivity index (χ2v) is 8.23. The van der Waals surface area contributed by atoms with Crippen LogP contribution in [0.1, 0.15) is 25.2 Å². The lowest BCUT2D eigenvalue weighted by atomic mass is 9.96. The SMILES string of the molecule is C#CC(=C/C(C)=C(\C#C)c1c(-c2ccc(Oc3nccc(C)n3)c(F)c2)c2c(N)ncnc2n1C)/N=C/C. The average molecular weight is 506 g/mol. The van der Waals surface area contributed by atoms with Crippen molar-refractivity contribution in [1.82, 2.24) is 24.5 Å². The van der Waals surface area contributed by atoms with E-state index >= 15 is 4.39 Å². The fourth-order valence-electron chi connectivity index (χ4n) is 4.06. The van der Waals surface area contributed by atoms with Crippen molar-refractivity contribution in [3.8, 4) is 47.6 Å². The number of hydrogen-bond acceptors (Lipinski definition) is 7. The first-order valence-corrected chi connectivity index (χ1v) is 11.5. The summed E-state index contributed by atoms with van der Waals surface area (Å²) in [6, 6.07) is 6.29. The molecular formula is C29H24FN7O. The van der Waals surface area contributed by atoms with Crippen molar-refractivity contribution in [1.29, 1.82) is 0 Å². The molecule has 0 fully saturated rings. The van der Waals surface area contributed by atoms with Gasteiger partial charge < -0.3 is 15.0 Å². The quantitative estimate of drug-likeness (QED) is 0.218. The van der Waals surface area contributed by atoms with Gasteiger partial charge in [-0.25, -0.2) is 24.3 Å². The highest BCUT2D eigenvalue weighted by atomic mass is 19.1. The van der Waals surface area contributed by atoms with E-state index in [1.807, 2.05) is 6.92 Å². The maximum absolute atomic E-state index is 15.4. The van der Waals surface area contributed by atoms with Crippen LogP contribution in [0.3, 0.4) is 0 Å². The topological polar surface area (TPSA) is 104 Å². The highest BCUT2D eigenvalue weighted by molar-refractivity contribution is 6.07. The average Bonchev–Trinajstić information content (AvgIpc) is 3.19. The molecule has 8 nitrogen and oxygen atoms in total. The number of benzene rings is 1. The molecule has 0 atom stereocenters. The van der Waals surface area contributed by atoms with Gasteiger partial charge in [0.25, 0.3) is 0 Å². The second-order valence-electron chi connectivity index (χ2n) is 8.23. The third kappa shape index (κ3) is 4.86. The Balaban J connectivity index is 1.96. The van der Waals surface area contributed by atoms with Crippen LogP contribution < -0.4 is 10.5 Å². The first kappa shape index (κ1) is 25.8. The third-order valence-corrected chi connectivity index (χ3v) is 5.74. The van der Waals surface area contributed by atoms with Gasteiger partial charge in [-0.3, -0.25) is 4.99 Å². The van der Waals surface area contributed by atoms with Crippen LogP contribution in [0.2, 0.25) is 0 Å². The third-order valence-electron chi connectivity index (χ3n) is 5.74. The Kier molecular flexibility index (Phi) is 7.31. The number of aromatic nitrogens is 5. The van der Waals surface area contributed by atoms with Gasteiger partial charge in [0.2, 0.25) is 0 Å². The molecule has 0 saturated carbocycles. The number of halogens is 1. The summed E-state index contributed by atoms with van der Waals surface area (Å²) in [4.78, 5) is 21.0. The Morgan fingerprint density at radius 3 is 2.63 bits per heavy atom. The first-order valence-electron chi connectivity index (χ1n) is 11.5. The maximum Gasteiger partial charge on any atom is 0.322 e. The van der Waals surface area contributed by atoms with E-state index in [2.05, 4.69) is 36.8 Å². The van der Waals surface area contributed by atoms with Crippen molar-refractivity contribution in [3.63, 3.8) is 0 Å². The second kappa shape index (κ2) is 10.8. The van der Waals surface area contributed by atoms with Crippen molar-refractivity contribution < 1.29 is 9.13 Å². The minimum atomic E-state index is -0.624. The van der Waals surface area contributed by atoms with Gasteiger partial charge in [-0.15, -0.1) is 12.8 Å². The van der Waals surface area contributed by atoms with Crippen molar-refractivity contribution >= 4 is 28.6 Å². The summed E-state index contributed by atoms with van der Waals surface area (Å²) in [5.41, 5.74) is 10.8. The van der Waals surface area contributed by atoms with Crippen LogP contribution in [-0.2, 0) is 7.05 Å².